The molecular weight excluding hydrogens is 310 g/mol. The zero-order valence-electron chi connectivity index (χ0n) is 14.6. The van der Waals surface area contributed by atoms with Crippen molar-refractivity contribution in [1.29, 1.82) is 0 Å². The van der Waals surface area contributed by atoms with E-state index in [1.54, 1.807) is 20.8 Å². The molecule has 1 unspecified atom stereocenters. The van der Waals surface area contributed by atoms with Gasteiger partial charge in [0.25, 0.3) is 5.91 Å². The van der Waals surface area contributed by atoms with Gasteiger partial charge in [-0.3, -0.25) is 9.48 Å². The summed E-state index contributed by atoms with van der Waals surface area (Å²) in [5, 5.41) is 16.0. The fourth-order valence-corrected chi connectivity index (χ4v) is 2.76. The summed E-state index contributed by atoms with van der Waals surface area (Å²) in [5.41, 5.74) is -0.712. The fraction of sp³-hybridized carbons (Fsp3) is 0.706. The van der Waals surface area contributed by atoms with Crippen molar-refractivity contribution in [2.45, 2.75) is 77.0 Å². The zero-order valence-corrected chi connectivity index (χ0v) is 14.6. The molecular formula is C17H27N3O4. The highest BCUT2D eigenvalue weighted by molar-refractivity contribution is 5.93. The molecule has 134 valence electrons. The lowest BCUT2D eigenvalue weighted by molar-refractivity contribution is -0.146. The number of rotatable bonds is 6. The zero-order chi connectivity index (χ0) is 17.7. The Bertz CT molecular complexity index is 574. The van der Waals surface area contributed by atoms with Gasteiger partial charge in [-0.05, 0) is 33.6 Å². The molecule has 2 N–H and O–H groups in total. The first-order valence-electron chi connectivity index (χ1n) is 8.55. The van der Waals surface area contributed by atoms with Crippen LogP contribution in [-0.2, 0) is 19.9 Å². The van der Waals surface area contributed by atoms with Gasteiger partial charge >= 0.3 is 5.97 Å². The Hall–Kier alpha value is -1.89. The summed E-state index contributed by atoms with van der Waals surface area (Å²) >= 11 is 0. The van der Waals surface area contributed by atoms with Crippen molar-refractivity contribution in [2.24, 2.45) is 0 Å². The molecule has 1 aliphatic carbocycles. The quantitative estimate of drug-likeness (QED) is 0.779. The molecule has 1 amide bonds. The monoisotopic (exact) mass is 337 g/mol. The van der Waals surface area contributed by atoms with E-state index in [4.69, 9.17) is 4.74 Å². The molecule has 1 atom stereocenters. The predicted molar refractivity (Wildman–Crippen MR) is 89.9 cm³/mol. The number of ether oxygens (including phenoxy) is 1. The number of carboxylic acids is 1. The molecule has 2 rings (SSSR count). The smallest absolute Gasteiger partial charge is 0.331 e. The number of carbonyl (C=O) groups excluding carboxylic acids is 1. The molecule has 0 saturated heterocycles. The van der Waals surface area contributed by atoms with Crippen molar-refractivity contribution in [3.63, 3.8) is 0 Å². The summed E-state index contributed by atoms with van der Waals surface area (Å²) in [6.45, 7) is 4.84. The lowest BCUT2D eigenvalue weighted by Crippen LogP contribution is -2.36. The van der Waals surface area contributed by atoms with Crippen molar-refractivity contribution in [2.75, 3.05) is 5.32 Å². The molecule has 1 aromatic heterocycles. The maximum Gasteiger partial charge on any atom is 0.331 e. The van der Waals surface area contributed by atoms with Crippen LogP contribution in [-0.4, -0.2) is 39.0 Å². The lowest BCUT2D eigenvalue weighted by Gasteiger charge is -2.20. The van der Waals surface area contributed by atoms with Gasteiger partial charge in [-0.2, -0.15) is 5.10 Å². The van der Waals surface area contributed by atoms with Crippen molar-refractivity contribution >= 4 is 17.6 Å². The van der Waals surface area contributed by atoms with E-state index in [0.717, 1.165) is 25.7 Å². The number of anilines is 1. The molecule has 1 fully saturated rings. The molecule has 0 spiro atoms. The van der Waals surface area contributed by atoms with Crippen molar-refractivity contribution < 1.29 is 19.4 Å². The lowest BCUT2D eigenvalue weighted by atomic mass is 10.1. The Morgan fingerprint density at radius 3 is 2.54 bits per heavy atom. The maximum absolute atomic E-state index is 12.3. The number of nitrogens with zero attached hydrogens (tertiary/aromatic N) is 2. The van der Waals surface area contributed by atoms with E-state index in [2.05, 4.69) is 10.4 Å². The van der Waals surface area contributed by atoms with Gasteiger partial charge in [0.05, 0.1) is 18.0 Å². The van der Waals surface area contributed by atoms with Crippen LogP contribution in [0.5, 0.6) is 0 Å². The summed E-state index contributed by atoms with van der Waals surface area (Å²) in [4.78, 5) is 23.5. The highest BCUT2D eigenvalue weighted by atomic mass is 16.5. The van der Waals surface area contributed by atoms with E-state index >= 15 is 0 Å². The van der Waals surface area contributed by atoms with Crippen molar-refractivity contribution in [1.82, 2.24) is 9.78 Å². The van der Waals surface area contributed by atoms with Gasteiger partial charge in [0, 0.05) is 6.20 Å². The first-order valence-corrected chi connectivity index (χ1v) is 8.55. The Balaban J connectivity index is 1.92. The summed E-state index contributed by atoms with van der Waals surface area (Å²) < 4.78 is 7.21. The first-order chi connectivity index (χ1) is 11.3. The average molecular weight is 337 g/mol. The largest absolute Gasteiger partial charge is 0.479 e. The molecule has 7 heteroatoms. The summed E-state index contributed by atoms with van der Waals surface area (Å²) in [6.07, 6.45) is 9.32. The highest BCUT2D eigenvalue weighted by Crippen LogP contribution is 2.22. The van der Waals surface area contributed by atoms with Crippen LogP contribution >= 0.6 is 0 Å². The van der Waals surface area contributed by atoms with Crippen LogP contribution in [0.2, 0.25) is 0 Å². The summed E-state index contributed by atoms with van der Waals surface area (Å²) in [6, 6.07) is 0. The van der Waals surface area contributed by atoms with Gasteiger partial charge in [-0.1, -0.05) is 25.7 Å². The van der Waals surface area contributed by atoms with Gasteiger partial charge in [0.2, 0.25) is 0 Å². The number of aliphatic carboxylic acids is 1. The number of amides is 1. The molecule has 1 aromatic rings. The number of carbonyl (C=O) groups is 2. The molecule has 1 heterocycles. The van der Waals surface area contributed by atoms with E-state index in [-0.39, 0.29) is 12.0 Å². The standard InChI is InChI=1S/C17H27N3O4/c1-12(24-14-8-6-4-5-7-9-14)15(21)19-13-10-18-20(11-13)17(2,3)16(22)23/h10-12,14H,4-9H2,1-3H3,(H,19,21)(H,22,23). The molecule has 24 heavy (non-hydrogen) atoms. The minimum Gasteiger partial charge on any atom is -0.479 e. The first kappa shape index (κ1) is 18.4. The van der Waals surface area contributed by atoms with Crippen molar-refractivity contribution in [3.8, 4) is 0 Å². The second-order valence-corrected chi connectivity index (χ2v) is 6.92. The van der Waals surface area contributed by atoms with Crippen LogP contribution in [0.15, 0.2) is 12.4 Å². The van der Waals surface area contributed by atoms with Crippen LogP contribution in [0.1, 0.15) is 59.3 Å². The predicted octanol–water partition coefficient (Wildman–Crippen LogP) is 2.77. The summed E-state index contributed by atoms with van der Waals surface area (Å²) in [7, 11) is 0. The molecule has 7 nitrogen and oxygen atoms in total. The van der Waals surface area contributed by atoms with Crippen LogP contribution in [0.4, 0.5) is 5.69 Å². The van der Waals surface area contributed by atoms with Crippen molar-refractivity contribution in [3.05, 3.63) is 12.4 Å². The van der Waals surface area contributed by atoms with Crippen LogP contribution in [0.3, 0.4) is 0 Å². The summed E-state index contributed by atoms with van der Waals surface area (Å²) in [5.74, 6) is -1.24. The molecule has 1 aliphatic rings. The third kappa shape index (κ3) is 4.56. The highest BCUT2D eigenvalue weighted by Gasteiger charge is 2.30. The normalized spacial score (nSPS) is 18.0. The average Bonchev–Trinajstić information content (AvgIpc) is 2.84. The van der Waals surface area contributed by atoms with Gasteiger partial charge < -0.3 is 15.2 Å². The van der Waals surface area contributed by atoms with Crippen LogP contribution < -0.4 is 5.32 Å². The molecule has 0 aromatic carbocycles. The minimum atomic E-state index is -1.18. The second kappa shape index (κ2) is 7.79. The van der Waals surface area contributed by atoms with E-state index < -0.39 is 17.6 Å². The Labute approximate surface area is 142 Å². The molecule has 1 saturated carbocycles. The Morgan fingerprint density at radius 1 is 1.33 bits per heavy atom. The van der Waals surface area contributed by atoms with Gasteiger partial charge in [-0.25, -0.2) is 4.79 Å². The maximum atomic E-state index is 12.3. The van der Waals surface area contributed by atoms with Crippen LogP contribution in [0.25, 0.3) is 0 Å². The SMILES string of the molecule is CC(OC1CCCCCC1)C(=O)Nc1cnn(C(C)(C)C(=O)O)c1. The van der Waals surface area contributed by atoms with E-state index in [9.17, 15) is 14.7 Å². The number of hydrogen-bond acceptors (Lipinski definition) is 4. The Kier molecular flexibility index (Phi) is 5.99. The van der Waals surface area contributed by atoms with E-state index in [0.29, 0.717) is 5.69 Å². The van der Waals surface area contributed by atoms with Crippen LogP contribution in [0, 0.1) is 0 Å². The molecule has 0 radical (unpaired) electrons. The Morgan fingerprint density at radius 2 is 1.96 bits per heavy atom. The van der Waals surface area contributed by atoms with Gasteiger partial charge in [0.1, 0.15) is 6.10 Å². The minimum absolute atomic E-state index is 0.141. The molecule has 0 aliphatic heterocycles. The fourth-order valence-electron chi connectivity index (χ4n) is 2.76. The van der Waals surface area contributed by atoms with E-state index in [1.807, 2.05) is 0 Å². The number of aromatic nitrogens is 2. The molecule has 0 bridgehead atoms. The van der Waals surface area contributed by atoms with E-state index in [1.165, 1.54) is 29.9 Å². The third-order valence-electron chi connectivity index (χ3n) is 4.51. The second-order valence-electron chi connectivity index (χ2n) is 6.92. The topological polar surface area (TPSA) is 93.5 Å². The van der Waals surface area contributed by atoms with Gasteiger partial charge in [0.15, 0.2) is 5.54 Å². The number of hydrogen-bond donors (Lipinski definition) is 2. The number of carboxylic acid groups (broad SMARTS) is 1. The number of nitrogens with one attached hydrogen (secondary N) is 1. The third-order valence-corrected chi connectivity index (χ3v) is 4.51. The van der Waals surface area contributed by atoms with Gasteiger partial charge in [-0.15, -0.1) is 0 Å².